The molecule has 2 amide bonds. The minimum Gasteiger partial charge on any atom is -0.369 e. The summed E-state index contributed by atoms with van der Waals surface area (Å²) < 4.78 is 0.200. The molecule has 0 aliphatic rings. The summed E-state index contributed by atoms with van der Waals surface area (Å²) in [6.07, 6.45) is 0. The molecule has 9 heteroatoms. The highest BCUT2D eigenvalue weighted by molar-refractivity contribution is 8.00. The van der Waals surface area contributed by atoms with Crippen LogP contribution in [0.5, 0.6) is 0 Å². The normalized spacial score (nSPS) is 10.2. The lowest BCUT2D eigenvalue weighted by atomic mass is 10.3. The first-order valence-corrected chi connectivity index (χ1v) is 7.55. The van der Waals surface area contributed by atoms with E-state index in [9.17, 15) is 9.59 Å². The second kappa shape index (κ2) is 6.69. The molecule has 3 N–H and O–H groups in total. The van der Waals surface area contributed by atoms with Crippen LogP contribution in [0.1, 0.15) is 9.80 Å². The number of benzene rings is 1. The molecule has 1 aromatic carbocycles. The molecule has 0 bridgehead atoms. The Balaban J connectivity index is 2.12. The maximum Gasteiger partial charge on any atom is 0.286 e. The van der Waals surface area contributed by atoms with Gasteiger partial charge in [0.15, 0.2) is 0 Å². The van der Waals surface area contributed by atoms with E-state index in [0.29, 0.717) is 5.69 Å². The predicted octanol–water partition coefficient (Wildman–Crippen LogP) is 2.02. The van der Waals surface area contributed by atoms with Crippen molar-refractivity contribution >= 4 is 52.2 Å². The quantitative estimate of drug-likeness (QED) is 0.818. The number of amides is 2. The number of nitrogens with one attached hydrogen (secondary N) is 1. The number of halogens is 1. The van der Waals surface area contributed by atoms with Gasteiger partial charge in [-0.15, -0.1) is 22.0 Å². The van der Waals surface area contributed by atoms with Crippen molar-refractivity contribution in [2.75, 3.05) is 11.1 Å². The van der Waals surface area contributed by atoms with Gasteiger partial charge in [0.25, 0.3) is 5.91 Å². The average molecular weight is 329 g/mol. The van der Waals surface area contributed by atoms with Crippen LogP contribution in [-0.4, -0.2) is 27.8 Å². The Morgan fingerprint density at radius 1 is 1.35 bits per heavy atom. The molecular formula is C11H9ClN4O2S2. The van der Waals surface area contributed by atoms with E-state index in [1.807, 2.05) is 0 Å². The van der Waals surface area contributed by atoms with Crippen LogP contribution in [0, 0.1) is 0 Å². The van der Waals surface area contributed by atoms with Crippen LogP contribution in [0.3, 0.4) is 0 Å². The summed E-state index contributed by atoms with van der Waals surface area (Å²) in [7, 11) is 0. The van der Waals surface area contributed by atoms with Gasteiger partial charge in [-0.25, -0.2) is 0 Å². The fourth-order valence-corrected chi connectivity index (χ4v) is 2.79. The molecule has 0 aliphatic heterocycles. The second-order valence-electron chi connectivity index (χ2n) is 3.57. The molecule has 1 heterocycles. The third-order valence-electron chi connectivity index (χ3n) is 2.10. The molecule has 20 heavy (non-hydrogen) atoms. The Hall–Kier alpha value is -1.64. The number of para-hydroxylation sites is 1. The fourth-order valence-electron chi connectivity index (χ4n) is 1.32. The Morgan fingerprint density at radius 3 is 2.75 bits per heavy atom. The Morgan fingerprint density at radius 2 is 2.10 bits per heavy atom. The van der Waals surface area contributed by atoms with Crippen molar-refractivity contribution in [3.8, 4) is 0 Å². The third kappa shape index (κ3) is 3.92. The first-order valence-electron chi connectivity index (χ1n) is 5.37. The van der Waals surface area contributed by atoms with Gasteiger partial charge in [-0.05, 0) is 23.7 Å². The minimum absolute atomic E-state index is 0.136. The second-order valence-corrected chi connectivity index (χ2v) is 6.14. The van der Waals surface area contributed by atoms with E-state index in [1.165, 1.54) is 11.8 Å². The van der Waals surface area contributed by atoms with E-state index < -0.39 is 11.8 Å². The van der Waals surface area contributed by atoms with E-state index >= 15 is 0 Å². The highest BCUT2D eigenvalue weighted by Crippen LogP contribution is 2.27. The van der Waals surface area contributed by atoms with Crippen LogP contribution in [-0.2, 0) is 4.79 Å². The number of carbonyl (C=O) groups excluding carboxylic acids is 2. The number of hydrogen-bond acceptors (Lipinski definition) is 6. The van der Waals surface area contributed by atoms with Crippen molar-refractivity contribution in [2.24, 2.45) is 5.73 Å². The van der Waals surface area contributed by atoms with E-state index in [0.717, 1.165) is 16.2 Å². The van der Waals surface area contributed by atoms with Crippen LogP contribution >= 0.6 is 34.7 Å². The molecule has 0 aliphatic carbocycles. The Bertz CT molecular complexity index is 647. The van der Waals surface area contributed by atoms with Crippen molar-refractivity contribution in [2.45, 2.75) is 4.90 Å². The van der Waals surface area contributed by atoms with Gasteiger partial charge < -0.3 is 11.1 Å². The molecule has 0 unspecified atom stereocenters. The van der Waals surface area contributed by atoms with Crippen molar-refractivity contribution in [1.82, 2.24) is 10.2 Å². The van der Waals surface area contributed by atoms with E-state index in [4.69, 9.17) is 17.3 Å². The molecule has 0 saturated heterocycles. The van der Waals surface area contributed by atoms with Gasteiger partial charge >= 0.3 is 0 Å². The maximum atomic E-state index is 12.0. The van der Waals surface area contributed by atoms with Crippen molar-refractivity contribution in [3.63, 3.8) is 0 Å². The van der Waals surface area contributed by atoms with Crippen LogP contribution < -0.4 is 11.1 Å². The number of hydrogen-bond donors (Lipinski definition) is 2. The lowest BCUT2D eigenvalue weighted by Gasteiger charge is -2.08. The third-order valence-corrected chi connectivity index (χ3v) is 4.21. The highest BCUT2D eigenvalue weighted by atomic mass is 35.5. The summed E-state index contributed by atoms with van der Waals surface area (Å²) in [6.45, 7) is 0. The molecule has 0 saturated carbocycles. The largest absolute Gasteiger partial charge is 0.369 e. The molecule has 2 aromatic rings. The molecule has 6 nitrogen and oxygen atoms in total. The molecule has 2 rings (SSSR count). The maximum absolute atomic E-state index is 12.0. The summed E-state index contributed by atoms with van der Waals surface area (Å²) >= 11 is 7.87. The highest BCUT2D eigenvalue weighted by Gasteiger charge is 2.14. The van der Waals surface area contributed by atoms with E-state index in [-0.39, 0.29) is 15.2 Å². The predicted molar refractivity (Wildman–Crippen MR) is 79.2 cm³/mol. The lowest BCUT2D eigenvalue weighted by molar-refractivity contribution is -0.115. The zero-order valence-electron chi connectivity index (χ0n) is 10.00. The number of anilines is 1. The Kier molecular flexibility index (Phi) is 4.94. The molecule has 104 valence electrons. The molecular weight excluding hydrogens is 320 g/mol. The van der Waals surface area contributed by atoms with Gasteiger partial charge in [-0.2, -0.15) is 0 Å². The number of primary amides is 1. The van der Waals surface area contributed by atoms with Crippen LogP contribution in [0.25, 0.3) is 0 Å². The molecule has 0 spiro atoms. The van der Waals surface area contributed by atoms with Crippen molar-refractivity contribution < 1.29 is 9.59 Å². The average Bonchev–Trinajstić information content (AvgIpc) is 2.84. The first kappa shape index (κ1) is 14.8. The molecule has 0 atom stereocenters. The summed E-state index contributed by atoms with van der Waals surface area (Å²) in [5.74, 6) is -0.689. The molecule has 0 radical (unpaired) electrons. The number of nitrogens with two attached hydrogens (primary N) is 1. The number of carbonyl (C=O) groups is 2. The van der Waals surface area contributed by atoms with Gasteiger partial charge in [0.2, 0.25) is 15.4 Å². The standard InChI is InChI=1S/C11H9ClN4O2S2/c12-11-16-15-10(20-11)9(18)14-6-3-1-2-4-7(6)19-5-8(13)17/h1-4H,5H2,(H2,13,17)(H,14,18). The summed E-state index contributed by atoms with van der Waals surface area (Å²) in [6, 6.07) is 7.10. The number of thioether (sulfide) groups is 1. The molecule has 0 fully saturated rings. The summed E-state index contributed by atoms with van der Waals surface area (Å²) in [5, 5.41) is 10.1. The van der Waals surface area contributed by atoms with Crippen molar-refractivity contribution in [1.29, 1.82) is 0 Å². The lowest BCUT2D eigenvalue weighted by Crippen LogP contribution is -2.14. The van der Waals surface area contributed by atoms with E-state index in [1.54, 1.807) is 24.3 Å². The summed E-state index contributed by atoms with van der Waals surface area (Å²) in [4.78, 5) is 23.5. The zero-order valence-corrected chi connectivity index (χ0v) is 12.4. The van der Waals surface area contributed by atoms with Crippen LogP contribution in [0.4, 0.5) is 5.69 Å². The van der Waals surface area contributed by atoms with Crippen molar-refractivity contribution in [3.05, 3.63) is 33.7 Å². The van der Waals surface area contributed by atoms with Gasteiger partial charge in [-0.3, -0.25) is 9.59 Å². The van der Waals surface area contributed by atoms with Gasteiger partial charge in [0.05, 0.1) is 11.4 Å². The van der Waals surface area contributed by atoms with E-state index in [2.05, 4.69) is 15.5 Å². The molecule has 1 aromatic heterocycles. The number of rotatable bonds is 5. The topological polar surface area (TPSA) is 98.0 Å². The zero-order chi connectivity index (χ0) is 14.5. The SMILES string of the molecule is NC(=O)CSc1ccccc1NC(=O)c1nnc(Cl)s1. The fraction of sp³-hybridized carbons (Fsp3) is 0.0909. The monoisotopic (exact) mass is 328 g/mol. The number of aromatic nitrogens is 2. The first-order chi connectivity index (χ1) is 9.56. The van der Waals surface area contributed by atoms with Crippen LogP contribution in [0.15, 0.2) is 29.2 Å². The van der Waals surface area contributed by atoms with Gasteiger partial charge in [-0.1, -0.05) is 23.5 Å². The van der Waals surface area contributed by atoms with Crippen LogP contribution in [0.2, 0.25) is 4.47 Å². The number of nitrogens with zero attached hydrogens (tertiary/aromatic N) is 2. The smallest absolute Gasteiger partial charge is 0.286 e. The Labute approximate surface area is 127 Å². The minimum atomic E-state index is -0.424. The summed E-state index contributed by atoms with van der Waals surface area (Å²) in [5.41, 5.74) is 5.69. The van der Waals surface area contributed by atoms with Gasteiger partial charge in [0.1, 0.15) is 0 Å². The van der Waals surface area contributed by atoms with Gasteiger partial charge in [0, 0.05) is 4.90 Å².